The molecule has 0 spiro atoms. The van der Waals surface area contributed by atoms with Gasteiger partial charge >= 0.3 is 0 Å². The second-order valence-corrected chi connectivity index (χ2v) is 5.60. The van der Waals surface area contributed by atoms with E-state index < -0.39 is 0 Å². The van der Waals surface area contributed by atoms with E-state index >= 15 is 0 Å². The molecule has 0 atom stereocenters. The quantitative estimate of drug-likeness (QED) is 0.786. The number of halogens is 1. The summed E-state index contributed by atoms with van der Waals surface area (Å²) in [5.41, 5.74) is 6.75. The maximum Gasteiger partial charge on any atom is 0.133 e. The molecule has 1 rings (SSSR count). The molecule has 0 fully saturated rings. The minimum atomic E-state index is 0.680. The van der Waals surface area contributed by atoms with Gasteiger partial charge in [-0.25, -0.2) is 0 Å². The number of ether oxygens (including phenoxy) is 1. The molecule has 0 bridgehead atoms. The molecule has 0 radical (unpaired) electrons. The van der Waals surface area contributed by atoms with E-state index in [1.54, 1.807) is 0 Å². The van der Waals surface area contributed by atoms with Crippen LogP contribution < -0.4 is 10.5 Å². The van der Waals surface area contributed by atoms with E-state index in [9.17, 15) is 0 Å². The van der Waals surface area contributed by atoms with Gasteiger partial charge in [0, 0.05) is 5.75 Å². The molecule has 1 aromatic rings. The van der Waals surface area contributed by atoms with E-state index in [1.807, 2.05) is 17.8 Å². The summed E-state index contributed by atoms with van der Waals surface area (Å²) in [6.45, 7) is 3.59. The first-order valence-electron chi connectivity index (χ1n) is 5.47. The Hall–Kier alpha value is -0.190. The van der Waals surface area contributed by atoms with Crippen LogP contribution in [0.4, 0.5) is 0 Å². The fourth-order valence-corrected chi connectivity index (χ4v) is 2.37. The molecule has 0 heterocycles. The van der Waals surface area contributed by atoms with Crippen molar-refractivity contribution in [3.63, 3.8) is 0 Å². The third kappa shape index (κ3) is 4.76. The molecule has 90 valence electrons. The lowest BCUT2D eigenvalue weighted by Gasteiger charge is -2.09. The van der Waals surface area contributed by atoms with Gasteiger partial charge in [0.1, 0.15) is 5.75 Å². The van der Waals surface area contributed by atoms with Gasteiger partial charge in [0.25, 0.3) is 0 Å². The molecule has 0 aromatic heterocycles. The van der Waals surface area contributed by atoms with Crippen LogP contribution in [0.1, 0.15) is 12.5 Å². The van der Waals surface area contributed by atoms with Crippen LogP contribution in [0.2, 0.25) is 0 Å². The van der Waals surface area contributed by atoms with Crippen LogP contribution in [-0.4, -0.2) is 24.7 Å². The van der Waals surface area contributed by atoms with E-state index in [4.69, 9.17) is 10.5 Å². The van der Waals surface area contributed by atoms with Crippen molar-refractivity contribution < 1.29 is 4.74 Å². The third-order valence-corrected chi connectivity index (χ3v) is 3.60. The smallest absolute Gasteiger partial charge is 0.133 e. The van der Waals surface area contributed by atoms with Gasteiger partial charge in [-0.15, -0.1) is 0 Å². The molecule has 0 saturated carbocycles. The summed E-state index contributed by atoms with van der Waals surface area (Å²) in [6, 6.07) is 6.15. The minimum Gasteiger partial charge on any atom is -0.492 e. The highest BCUT2D eigenvalue weighted by Crippen LogP contribution is 2.26. The maximum atomic E-state index is 5.67. The van der Waals surface area contributed by atoms with Crippen LogP contribution in [-0.2, 0) is 6.42 Å². The van der Waals surface area contributed by atoms with Gasteiger partial charge in [-0.3, -0.25) is 0 Å². The molecule has 1 aromatic carbocycles. The average Bonchev–Trinajstić information content (AvgIpc) is 2.27. The van der Waals surface area contributed by atoms with Crippen molar-refractivity contribution in [3.05, 3.63) is 28.2 Å². The average molecular weight is 304 g/mol. The van der Waals surface area contributed by atoms with Crippen molar-refractivity contribution >= 4 is 27.7 Å². The maximum absolute atomic E-state index is 5.67. The molecular weight excluding hydrogens is 286 g/mol. The lowest BCUT2D eigenvalue weighted by atomic mass is 10.1. The number of benzene rings is 1. The molecule has 2 nitrogen and oxygen atoms in total. The van der Waals surface area contributed by atoms with Gasteiger partial charge in [0.2, 0.25) is 0 Å². The molecule has 0 saturated heterocycles. The van der Waals surface area contributed by atoms with E-state index in [1.165, 1.54) is 5.56 Å². The Morgan fingerprint density at radius 2 is 2.25 bits per heavy atom. The van der Waals surface area contributed by atoms with E-state index in [2.05, 4.69) is 35.0 Å². The van der Waals surface area contributed by atoms with Crippen LogP contribution in [0.15, 0.2) is 22.7 Å². The Kier molecular flexibility index (Phi) is 6.92. The summed E-state index contributed by atoms with van der Waals surface area (Å²) >= 11 is 5.40. The van der Waals surface area contributed by atoms with Crippen molar-refractivity contribution in [3.8, 4) is 5.75 Å². The lowest BCUT2D eigenvalue weighted by molar-refractivity contribution is 0.341. The van der Waals surface area contributed by atoms with Crippen LogP contribution in [0.3, 0.4) is 0 Å². The van der Waals surface area contributed by atoms with Gasteiger partial charge in [0.05, 0.1) is 11.1 Å². The fraction of sp³-hybridized carbons (Fsp3) is 0.500. The summed E-state index contributed by atoms with van der Waals surface area (Å²) in [5, 5.41) is 0. The lowest BCUT2D eigenvalue weighted by Crippen LogP contribution is -2.04. The molecule has 0 aliphatic heterocycles. The zero-order valence-corrected chi connectivity index (χ0v) is 11.9. The first-order chi connectivity index (χ1) is 7.77. The molecule has 4 heteroatoms. The van der Waals surface area contributed by atoms with Gasteiger partial charge in [0.15, 0.2) is 0 Å². The second kappa shape index (κ2) is 7.98. The predicted molar refractivity (Wildman–Crippen MR) is 75.4 cm³/mol. The zero-order chi connectivity index (χ0) is 11.8. The Morgan fingerprint density at radius 3 is 2.88 bits per heavy atom. The number of hydrogen-bond acceptors (Lipinski definition) is 3. The van der Waals surface area contributed by atoms with Crippen molar-refractivity contribution in [2.24, 2.45) is 5.73 Å². The number of hydrogen-bond donors (Lipinski definition) is 1. The van der Waals surface area contributed by atoms with Crippen molar-refractivity contribution in [1.29, 1.82) is 0 Å². The minimum absolute atomic E-state index is 0.680. The van der Waals surface area contributed by atoms with Gasteiger partial charge in [-0.1, -0.05) is 13.0 Å². The zero-order valence-electron chi connectivity index (χ0n) is 9.54. The first kappa shape index (κ1) is 13.9. The molecule has 0 aliphatic rings. The molecular formula is C12H18BrNOS. The number of rotatable bonds is 7. The predicted octanol–water partition coefficient (Wildman–Crippen LogP) is 3.08. The van der Waals surface area contributed by atoms with E-state index in [-0.39, 0.29) is 0 Å². The normalized spacial score (nSPS) is 10.4. The molecule has 0 aliphatic carbocycles. The monoisotopic (exact) mass is 303 g/mol. The summed E-state index contributed by atoms with van der Waals surface area (Å²) in [6.07, 6.45) is 0.907. The Balaban J connectivity index is 2.47. The van der Waals surface area contributed by atoms with Crippen LogP contribution in [0.25, 0.3) is 0 Å². The van der Waals surface area contributed by atoms with Crippen LogP contribution in [0.5, 0.6) is 5.75 Å². The molecule has 2 N–H and O–H groups in total. The van der Waals surface area contributed by atoms with Crippen molar-refractivity contribution in [2.75, 3.05) is 24.7 Å². The van der Waals surface area contributed by atoms with E-state index in [0.29, 0.717) is 6.54 Å². The summed E-state index contributed by atoms with van der Waals surface area (Å²) in [4.78, 5) is 0. The first-order valence-corrected chi connectivity index (χ1v) is 7.41. The van der Waals surface area contributed by atoms with Crippen molar-refractivity contribution in [1.82, 2.24) is 0 Å². The van der Waals surface area contributed by atoms with Crippen LogP contribution >= 0.6 is 27.7 Å². The number of thioether (sulfide) groups is 1. The largest absolute Gasteiger partial charge is 0.492 e. The van der Waals surface area contributed by atoms with Crippen molar-refractivity contribution in [2.45, 2.75) is 13.3 Å². The highest BCUT2D eigenvalue weighted by atomic mass is 79.9. The second-order valence-electron chi connectivity index (χ2n) is 3.35. The van der Waals surface area contributed by atoms with E-state index in [0.717, 1.165) is 34.8 Å². The molecule has 0 unspecified atom stereocenters. The summed E-state index contributed by atoms with van der Waals surface area (Å²) in [5.74, 6) is 3.09. The molecule has 0 amide bonds. The summed E-state index contributed by atoms with van der Waals surface area (Å²) in [7, 11) is 0. The summed E-state index contributed by atoms with van der Waals surface area (Å²) < 4.78 is 6.69. The topological polar surface area (TPSA) is 35.2 Å². The third-order valence-electron chi connectivity index (χ3n) is 2.12. The van der Waals surface area contributed by atoms with Gasteiger partial charge in [-0.2, -0.15) is 11.8 Å². The molecule has 16 heavy (non-hydrogen) atoms. The SMILES string of the molecule is CCSCCOc1ccc(CCN)cc1Br. The van der Waals surface area contributed by atoms with Crippen LogP contribution in [0, 0.1) is 0 Å². The number of nitrogens with two attached hydrogens (primary N) is 1. The fourth-order valence-electron chi connectivity index (χ4n) is 1.34. The highest BCUT2D eigenvalue weighted by Gasteiger charge is 2.02. The Labute approximate surface area is 110 Å². The Bertz CT molecular complexity index is 320. The van der Waals surface area contributed by atoms with Gasteiger partial charge < -0.3 is 10.5 Å². The standard InChI is InChI=1S/C12H18BrNOS/c1-2-16-8-7-15-12-4-3-10(5-6-14)9-11(12)13/h3-4,9H,2,5-8,14H2,1H3. The van der Waals surface area contributed by atoms with Gasteiger partial charge in [-0.05, 0) is 52.3 Å². The Morgan fingerprint density at radius 1 is 1.44 bits per heavy atom. The highest BCUT2D eigenvalue weighted by molar-refractivity contribution is 9.10.